The molecule has 1 atom stereocenters. The highest BCUT2D eigenvalue weighted by atomic mass is 19.4. The van der Waals surface area contributed by atoms with E-state index in [-0.39, 0.29) is 12.4 Å². The lowest BCUT2D eigenvalue weighted by molar-refractivity contribution is -0.274. The maximum absolute atomic E-state index is 11.9. The third kappa shape index (κ3) is 2.89. The van der Waals surface area contributed by atoms with E-state index in [1.54, 1.807) is 0 Å². The molecule has 0 amide bonds. The van der Waals surface area contributed by atoms with Crippen molar-refractivity contribution in [1.29, 1.82) is 0 Å². The van der Waals surface area contributed by atoms with Crippen molar-refractivity contribution >= 4 is 0 Å². The van der Waals surface area contributed by atoms with Gasteiger partial charge in [0.25, 0.3) is 0 Å². The van der Waals surface area contributed by atoms with E-state index in [0.717, 1.165) is 0 Å². The van der Waals surface area contributed by atoms with Crippen molar-refractivity contribution in [2.45, 2.75) is 18.4 Å². The Hall–Kier alpha value is -1.27. The molecule has 0 bridgehead atoms. The second-order valence-electron chi connectivity index (χ2n) is 3.91. The Morgan fingerprint density at radius 2 is 1.88 bits per heavy atom. The van der Waals surface area contributed by atoms with Gasteiger partial charge in [0.1, 0.15) is 11.4 Å². The first kappa shape index (κ1) is 12.2. The van der Waals surface area contributed by atoms with Crippen LogP contribution in [-0.2, 0) is 10.3 Å². The zero-order valence-corrected chi connectivity index (χ0v) is 8.83. The summed E-state index contributed by atoms with van der Waals surface area (Å²) in [5, 5.41) is 10.1. The first-order valence-electron chi connectivity index (χ1n) is 5.05. The molecule has 1 aliphatic heterocycles. The minimum absolute atomic E-state index is 0.159. The molecule has 1 heterocycles. The van der Waals surface area contributed by atoms with Gasteiger partial charge in [-0.2, -0.15) is 0 Å². The quantitative estimate of drug-likeness (QED) is 0.871. The molecular formula is C11H11F3O3. The number of benzene rings is 1. The van der Waals surface area contributed by atoms with Gasteiger partial charge in [-0.05, 0) is 17.7 Å². The number of hydrogen-bond acceptors (Lipinski definition) is 3. The van der Waals surface area contributed by atoms with Crippen LogP contribution in [0.2, 0.25) is 0 Å². The molecule has 94 valence electrons. The summed E-state index contributed by atoms with van der Waals surface area (Å²) in [6.45, 7) is 0.601. The van der Waals surface area contributed by atoms with E-state index in [1.807, 2.05) is 0 Å². The van der Waals surface area contributed by atoms with Crippen LogP contribution in [0.4, 0.5) is 13.2 Å². The number of aliphatic hydroxyl groups is 1. The molecule has 0 saturated carbocycles. The predicted molar refractivity (Wildman–Crippen MR) is 52.5 cm³/mol. The van der Waals surface area contributed by atoms with Gasteiger partial charge in [0.2, 0.25) is 0 Å². The van der Waals surface area contributed by atoms with Gasteiger partial charge in [0.15, 0.2) is 0 Å². The van der Waals surface area contributed by atoms with Crippen molar-refractivity contribution in [2.24, 2.45) is 0 Å². The smallest absolute Gasteiger partial charge is 0.406 e. The van der Waals surface area contributed by atoms with Crippen molar-refractivity contribution in [2.75, 3.05) is 13.2 Å². The Bertz CT molecular complexity index is 380. The normalized spacial score (nSPS) is 24.9. The van der Waals surface area contributed by atoms with Crippen LogP contribution in [0, 0.1) is 0 Å². The van der Waals surface area contributed by atoms with Gasteiger partial charge in [-0.3, -0.25) is 0 Å². The van der Waals surface area contributed by atoms with Crippen LogP contribution in [0.15, 0.2) is 24.3 Å². The average molecular weight is 248 g/mol. The maximum atomic E-state index is 11.9. The molecule has 17 heavy (non-hydrogen) atoms. The molecule has 6 heteroatoms. The highest BCUT2D eigenvalue weighted by molar-refractivity contribution is 5.31. The van der Waals surface area contributed by atoms with Crippen molar-refractivity contribution in [3.05, 3.63) is 29.8 Å². The van der Waals surface area contributed by atoms with Gasteiger partial charge < -0.3 is 14.6 Å². The summed E-state index contributed by atoms with van der Waals surface area (Å²) in [5.41, 5.74) is -0.568. The second kappa shape index (κ2) is 4.19. The van der Waals surface area contributed by atoms with Gasteiger partial charge in [-0.25, -0.2) is 0 Å². The van der Waals surface area contributed by atoms with Gasteiger partial charge in [0, 0.05) is 13.0 Å². The second-order valence-corrected chi connectivity index (χ2v) is 3.91. The molecule has 0 aromatic heterocycles. The largest absolute Gasteiger partial charge is 0.573 e. The number of rotatable bonds is 2. The van der Waals surface area contributed by atoms with Crippen LogP contribution in [0.1, 0.15) is 12.0 Å². The standard InChI is InChI=1S/C11H11F3O3/c12-11(13,14)17-9-3-1-8(2-4-9)10(15)5-6-16-7-10/h1-4,15H,5-7H2. The van der Waals surface area contributed by atoms with Gasteiger partial charge in [-0.15, -0.1) is 13.2 Å². The number of halogens is 3. The third-order valence-electron chi connectivity index (χ3n) is 2.63. The molecular weight excluding hydrogens is 237 g/mol. The minimum atomic E-state index is -4.70. The number of hydrogen-bond donors (Lipinski definition) is 1. The minimum Gasteiger partial charge on any atom is -0.406 e. The number of alkyl halides is 3. The summed E-state index contributed by atoms with van der Waals surface area (Å²) in [7, 11) is 0. The molecule has 0 spiro atoms. The molecule has 1 unspecified atom stereocenters. The van der Waals surface area contributed by atoms with Crippen LogP contribution in [0.5, 0.6) is 5.75 Å². The summed E-state index contributed by atoms with van der Waals surface area (Å²) in [5.74, 6) is -0.302. The van der Waals surface area contributed by atoms with Crippen molar-refractivity contribution in [1.82, 2.24) is 0 Å². The molecule has 0 aliphatic carbocycles. The Morgan fingerprint density at radius 3 is 2.35 bits per heavy atom. The van der Waals surface area contributed by atoms with Gasteiger partial charge in [0.05, 0.1) is 6.61 Å². The Labute approximate surface area is 95.8 Å². The lowest BCUT2D eigenvalue weighted by atomic mass is 9.93. The highest BCUT2D eigenvalue weighted by Crippen LogP contribution is 2.32. The summed E-state index contributed by atoms with van der Waals surface area (Å²) >= 11 is 0. The SMILES string of the molecule is OC1(c2ccc(OC(F)(F)F)cc2)CCOC1. The first-order chi connectivity index (χ1) is 7.89. The first-order valence-corrected chi connectivity index (χ1v) is 5.05. The van der Waals surface area contributed by atoms with E-state index < -0.39 is 12.0 Å². The van der Waals surface area contributed by atoms with Crippen molar-refractivity contribution < 1.29 is 27.8 Å². The Morgan fingerprint density at radius 1 is 1.24 bits per heavy atom. The molecule has 1 N–H and O–H groups in total. The monoisotopic (exact) mass is 248 g/mol. The van der Waals surface area contributed by atoms with E-state index in [1.165, 1.54) is 24.3 Å². The molecule has 3 nitrogen and oxygen atoms in total. The van der Waals surface area contributed by atoms with Crippen molar-refractivity contribution in [3.8, 4) is 5.75 Å². The summed E-state index contributed by atoms with van der Waals surface area (Å²) in [6.07, 6.45) is -4.26. The average Bonchev–Trinajstić information content (AvgIpc) is 2.65. The lowest BCUT2D eigenvalue weighted by Gasteiger charge is -2.21. The lowest BCUT2D eigenvalue weighted by Crippen LogP contribution is -2.25. The van der Waals surface area contributed by atoms with Crippen molar-refractivity contribution in [3.63, 3.8) is 0 Å². The molecule has 1 aromatic rings. The fourth-order valence-electron chi connectivity index (χ4n) is 1.75. The van der Waals surface area contributed by atoms with Crippen LogP contribution >= 0.6 is 0 Å². The van der Waals surface area contributed by atoms with Crippen LogP contribution < -0.4 is 4.74 Å². The van der Waals surface area contributed by atoms with E-state index in [4.69, 9.17) is 4.74 Å². The summed E-state index contributed by atoms with van der Waals surface area (Å²) in [4.78, 5) is 0. The molecule has 1 saturated heterocycles. The van der Waals surface area contributed by atoms with Crippen LogP contribution in [0.25, 0.3) is 0 Å². The van der Waals surface area contributed by atoms with Crippen LogP contribution in [0.3, 0.4) is 0 Å². The fourth-order valence-corrected chi connectivity index (χ4v) is 1.75. The topological polar surface area (TPSA) is 38.7 Å². The third-order valence-corrected chi connectivity index (χ3v) is 2.63. The molecule has 1 aromatic carbocycles. The highest BCUT2D eigenvalue weighted by Gasteiger charge is 2.35. The van der Waals surface area contributed by atoms with E-state index in [0.29, 0.717) is 18.6 Å². The van der Waals surface area contributed by atoms with Crippen LogP contribution in [-0.4, -0.2) is 24.7 Å². The predicted octanol–water partition coefficient (Wildman–Crippen LogP) is 2.19. The van der Waals surface area contributed by atoms with E-state index in [2.05, 4.69) is 4.74 Å². The maximum Gasteiger partial charge on any atom is 0.573 e. The van der Waals surface area contributed by atoms with Gasteiger partial charge >= 0.3 is 6.36 Å². The summed E-state index contributed by atoms with van der Waals surface area (Å²) in [6, 6.07) is 5.18. The summed E-state index contributed by atoms with van der Waals surface area (Å²) < 4.78 is 44.6. The van der Waals surface area contributed by atoms with E-state index in [9.17, 15) is 18.3 Å². The number of ether oxygens (including phenoxy) is 2. The molecule has 1 aliphatic rings. The molecule has 1 fully saturated rings. The molecule has 2 rings (SSSR count). The molecule has 0 radical (unpaired) electrons. The van der Waals surface area contributed by atoms with E-state index >= 15 is 0 Å². The zero-order chi connectivity index (χ0) is 12.5. The van der Waals surface area contributed by atoms with Gasteiger partial charge in [-0.1, -0.05) is 12.1 Å². The zero-order valence-electron chi connectivity index (χ0n) is 8.83. The fraction of sp³-hybridized carbons (Fsp3) is 0.455. The Balaban J connectivity index is 2.13. The Kier molecular flexibility index (Phi) is 3.01.